The van der Waals surface area contributed by atoms with Crippen molar-refractivity contribution in [3.8, 4) is 6.07 Å². The molecule has 2 aromatic rings. The normalized spacial score (nSPS) is 14.5. The van der Waals surface area contributed by atoms with Crippen LogP contribution in [0.4, 0.5) is 11.4 Å². The van der Waals surface area contributed by atoms with Crippen LogP contribution < -0.4 is 10.2 Å². The molecule has 1 N–H and O–H groups in total. The first kappa shape index (κ1) is 15.1. The first-order valence-corrected chi connectivity index (χ1v) is 7.84. The second-order valence-corrected chi connectivity index (χ2v) is 5.78. The lowest BCUT2D eigenvalue weighted by molar-refractivity contribution is -0.117. The summed E-state index contributed by atoms with van der Waals surface area (Å²) in [6.07, 6.45) is 2.11. The first-order chi connectivity index (χ1) is 11.2. The van der Waals surface area contributed by atoms with Crippen molar-refractivity contribution < 1.29 is 4.79 Å². The summed E-state index contributed by atoms with van der Waals surface area (Å²) in [5.74, 6) is -0.0585. The Morgan fingerprint density at radius 3 is 2.91 bits per heavy atom. The third kappa shape index (κ3) is 3.19. The number of nitrogens with zero attached hydrogens (tertiary/aromatic N) is 2. The van der Waals surface area contributed by atoms with Crippen LogP contribution in [0.2, 0.25) is 0 Å². The highest BCUT2D eigenvalue weighted by molar-refractivity contribution is 5.97. The van der Waals surface area contributed by atoms with Crippen LogP contribution in [-0.4, -0.2) is 18.5 Å². The van der Waals surface area contributed by atoms with E-state index in [9.17, 15) is 4.79 Å². The fourth-order valence-corrected chi connectivity index (χ4v) is 3.02. The van der Waals surface area contributed by atoms with Crippen molar-refractivity contribution in [3.05, 3.63) is 59.7 Å². The first-order valence-electron chi connectivity index (χ1n) is 7.84. The second-order valence-electron chi connectivity index (χ2n) is 5.78. The molecule has 1 aliphatic rings. The molecule has 0 spiro atoms. The molecule has 0 bridgehead atoms. The van der Waals surface area contributed by atoms with Crippen molar-refractivity contribution in [1.29, 1.82) is 5.26 Å². The van der Waals surface area contributed by atoms with Gasteiger partial charge in [-0.15, -0.1) is 0 Å². The maximum atomic E-state index is 12.6. The smallest absolute Gasteiger partial charge is 0.246 e. The molecule has 1 aliphatic heterocycles. The van der Waals surface area contributed by atoms with Crippen LogP contribution in [0.3, 0.4) is 0 Å². The number of para-hydroxylation sites is 1. The number of anilines is 2. The monoisotopic (exact) mass is 305 g/mol. The molecule has 1 atom stereocenters. The lowest BCUT2D eigenvalue weighted by Gasteiger charge is -2.35. The Hall–Kier alpha value is -2.80. The van der Waals surface area contributed by atoms with Crippen LogP contribution >= 0.6 is 0 Å². The van der Waals surface area contributed by atoms with Gasteiger partial charge in [0.05, 0.1) is 11.6 Å². The minimum atomic E-state index is -0.262. The Kier molecular flexibility index (Phi) is 4.29. The third-order valence-corrected chi connectivity index (χ3v) is 4.25. The number of fused-ring (bicyclic) bond motifs is 1. The highest BCUT2D eigenvalue weighted by atomic mass is 16.2. The summed E-state index contributed by atoms with van der Waals surface area (Å²) in [4.78, 5) is 14.7. The zero-order valence-corrected chi connectivity index (χ0v) is 13.1. The maximum absolute atomic E-state index is 12.6. The Labute approximate surface area is 136 Å². The highest BCUT2D eigenvalue weighted by Gasteiger charge is 2.25. The number of amides is 1. The largest absolute Gasteiger partial charge is 0.360 e. The number of hydrogen-bond donors (Lipinski definition) is 1. The summed E-state index contributed by atoms with van der Waals surface area (Å²) >= 11 is 0. The number of aryl methyl sites for hydroxylation is 1. The minimum Gasteiger partial charge on any atom is -0.360 e. The summed E-state index contributed by atoms with van der Waals surface area (Å²) in [5, 5.41) is 11.9. The van der Waals surface area contributed by atoms with Gasteiger partial charge in [-0.25, -0.2) is 0 Å². The molecule has 0 fully saturated rings. The van der Waals surface area contributed by atoms with E-state index < -0.39 is 0 Å². The summed E-state index contributed by atoms with van der Waals surface area (Å²) in [6.45, 7) is 2.80. The average molecular weight is 305 g/mol. The van der Waals surface area contributed by atoms with Crippen LogP contribution in [0, 0.1) is 11.3 Å². The fourth-order valence-electron chi connectivity index (χ4n) is 3.02. The molecular formula is C19H19N3O. The van der Waals surface area contributed by atoms with Crippen LogP contribution in [0.5, 0.6) is 0 Å². The third-order valence-electron chi connectivity index (χ3n) is 4.25. The van der Waals surface area contributed by atoms with Gasteiger partial charge in [0.25, 0.3) is 0 Å². The van der Waals surface area contributed by atoms with Gasteiger partial charge >= 0.3 is 0 Å². The van der Waals surface area contributed by atoms with E-state index in [0.717, 1.165) is 25.1 Å². The Morgan fingerprint density at radius 1 is 1.26 bits per heavy atom. The quantitative estimate of drug-likeness (QED) is 0.946. The van der Waals surface area contributed by atoms with Gasteiger partial charge in [0, 0.05) is 17.9 Å². The van der Waals surface area contributed by atoms with E-state index in [1.807, 2.05) is 19.1 Å². The lowest BCUT2D eigenvalue weighted by Crippen LogP contribution is -2.44. The Bertz CT molecular complexity index is 763. The molecule has 3 rings (SSSR count). The fraction of sp³-hybridized carbons (Fsp3) is 0.263. The number of hydrogen-bond acceptors (Lipinski definition) is 3. The van der Waals surface area contributed by atoms with Crippen molar-refractivity contribution in [3.63, 3.8) is 0 Å². The Morgan fingerprint density at radius 2 is 2.09 bits per heavy atom. The predicted molar refractivity (Wildman–Crippen MR) is 91.4 cm³/mol. The van der Waals surface area contributed by atoms with Gasteiger partial charge in [-0.2, -0.15) is 5.26 Å². The summed E-state index contributed by atoms with van der Waals surface area (Å²) in [5.41, 5.74) is 3.64. The van der Waals surface area contributed by atoms with Crippen molar-refractivity contribution >= 4 is 17.3 Å². The number of nitrogens with one attached hydrogen (secondary N) is 1. The molecule has 0 saturated heterocycles. The number of carbonyl (C=O) groups is 1. The van der Waals surface area contributed by atoms with E-state index in [2.05, 4.69) is 28.4 Å². The van der Waals surface area contributed by atoms with E-state index in [1.165, 1.54) is 5.56 Å². The van der Waals surface area contributed by atoms with Gasteiger partial charge in [0.15, 0.2) is 0 Å². The summed E-state index contributed by atoms with van der Waals surface area (Å²) in [7, 11) is 0. The van der Waals surface area contributed by atoms with E-state index >= 15 is 0 Å². The molecule has 23 heavy (non-hydrogen) atoms. The minimum absolute atomic E-state index is 0.0585. The van der Waals surface area contributed by atoms with E-state index in [4.69, 9.17) is 5.26 Å². The molecular weight excluding hydrogens is 286 g/mol. The van der Waals surface area contributed by atoms with Crippen molar-refractivity contribution in [2.24, 2.45) is 0 Å². The van der Waals surface area contributed by atoms with Gasteiger partial charge in [-0.05, 0) is 49.6 Å². The van der Waals surface area contributed by atoms with Gasteiger partial charge in [0.1, 0.15) is 6.04 Å². The summed E-state index contributed by atoms with van der Waals surface area (Å²) < 4.78 is 0. The SMILES string of the molecule is CC(C(=O)Nc1cccc(C#N)c1)N1CCCc2ccccc21. The predicted octanol–water partition coefficient (Wildman–Crippen LogP) is 3.34. The van der Waals surface area contributed by atoms with E-state index in [-0.39, 0.29) is 11.9 Å². The highest BCUT2D eigenvalue weighted by Crippen LogP contribution is 2.28. The topological polar surface area (TPSA) is 56.1 Å². The number of carbonyl (C=O) groups excluding carboxylic acids is 1. The van der Waals surface area contributed by atoms with Gasteiger partial charge < -0.3 is 10.2 Å². The number of rotatable bonds is 3. The van der Waals surface area contributed by atoms with E-state index in [1.54, 1.807) is 24.3 Å². The average Bonchev–Trinajstić information content (AvgIpc) is 2.60. The van der Waals surface area contributed by atoms with Crippen molar-refractivity contribution in [1.82, 2.24) is 0 Å². The maximum Gasteiger partial charge on any atom is 0.246 e. The second kappa shape index (κ2) is 6.53. The lowest BCUT2D eigenvalue weighted by atomic mass is 10.00. The van der Waals surface area contributed by atoms with Crippen LogP contribution in [-0.2, 0) is 11.2 Å². The molecule has 4 heteroatoms. The molecule has 1 heterocycles. The zero-order chi connectivity index (χ0) is 16.2. The molecule has 0 radical (unpaired) electrons. The molecule has 116 valence electrons. The standard InChI is InChI=1S/C19H19N3O/c1-14(19(23)21-17-9-4-6-15(12-17)13-20)22-11-5-8-16-7-2-3-10-18(16)22/h2-4,6-7,9-10,12,14H,5,8,11H2,1H3,(H,21,23). The number of nitriles is 1. The molecule has 2 aromatic carbocycles. The van der Waals surface area contributed by atoms with Gasteiger partial charge in [-0.1, -0.05) is 24.3 Å². The molecule has 1 unspecified atom stereocenters. The van der Waals surface area contributed by atoms with Crippen LogP contribution in [0.25, 0.3) is 0 Å². The zero-order valence-electron chi connectivity index (χ0n) is 13.1. The molecule has 0 saturated carbocycles. The molecule has 0 aromatic heterocycles. The molecule has 0 aliphatic carbocycles. The van der Waals surface area contributed by atoms with Gasteiger partial charge in [0.2, 0.25) is 5.91 Å². The van der Waals surface area contributed by atoms with Crippen LogP contribution in [0.1, 0.15) is 24.5 Å². The van der Waals surface area contributed by atoms with Crippen molar-refractivity contribution in [2.75, 3.05) is 16.8 Å². The van der Waals surface area contributed by atoms with Gasteiger partial charge in [-0.3, -0.25) is 4.79 Å². The van der Waals surface area contributed by atoms with Crippen molar-refractivity contribution in [2.45, 2.75) is 25.8 Å². The molecule has 1 amide bonds. The van der Waals surface area contributed by atoms with E-state index in [0.29, 0.717) is 11.3 Å². The Balaban J connectivity index is 1.77. The molecule has 4 nitrogen and oxygen atoms in total. The summed E-state index contributed by atoms with van der Waals surface area (Å²) in [6, 6.07) is 17.1. The number of benzene rings is 2. The van der Waals surface area contributed by atoms with Crippen LogP contribution in [0.15, 0.2) is 48.5 Å².